The number of benzene rings is 1. The van der Waals surface area contributed by atoms with Gasteiger partial charge in [0.25, 0.3) is 0 Å². The Balaban J connectivity index is 2.32. The van der Waals surface area contributed by atoms with Crippen LogP contribution in [0.2, 0.25) is 0 Å². The zero-order chi connectivity index (χ0) is 14.7. The lowest BCUT2D eigenvalue weighted by Gasteiger charge is -2.19. The van der Waals surface area contributed by atoms with E-state index in [4.69, 9.17) is 5.84 Å². The molecule has 3 N–H and O–H groups in total. The molecular weight excluding hydrogens is 264 g/mol. The third kappa shape index (κ3) is 3.11. The molecule has 0 saturated carbocycles. The van der Waals surface area contributed by atoms with Gasteiger partial charge in [-0.05, 0) is 67.3 Å². The van der Waals surface area contributed by atoms with Gasteiger partial charge in [0.15, 0.2) is 0 Å². The van der Waals surface area contributed by atoms with E-state index in [0.29, 0.717) is 0 Å². The molecule has 0 spiro atoms. The topological polar surface area (TPSA) is 38.0 Å². The number of hydrogen-bond donors (Lipinski definition) is 2. The number of aryl methyl sites for hydroxylation is 4. The maximum Gasteiger partial charge on any atom is 0.0596 e. The second-order valence-corrected chi connectivity index (χ2v) is 6.41. The minimum Gasteiger partial charge on any atom is -0.271 e. The van der Waals surface area contributed by atoms with Gasteiger partial charge in [0.1, 0.15) is 0 Å². The van der Waals surface area contributed by atoms with Gasteiger partial charge in [-0.3, -0.25) is 11.3 Å². The molecule has 3 heteroatoms. The van der Waals surface area contributed by atoms with Crippen LogP contribution in [0.15, 0.2) is 23.6 Å². The smallest absolute Gasteiger partial charge is 0.0596 e. The Morgan fingerprint density at radius 2 is 1.85 bits per heavy atom. The Morgan fingerprint density at radius 1 is 1.20 bits per heavy atom. The molecule has 2 rings (SSSR count). The summed E-state index contributed by atoms with van der Waals surface area (Å²) in [5.41, 5.74) is 9.86. The Morgan fingerprint density at radius 3 is 2.40 bits per heavy atom. The predicted octanol–water partition coefficient (Wildman–Crippen LogP) is 3.98. The van der Waals surface area contributed by atoms with Crippen LogP contribution in [0.25, 0.3) is 0 Å². The van der Waals surface area contributed by atoms with Gasteiger partial charge in [-0.25, -0.2) is 0 Å². The minimum atomic E-state index is 0.199. The first-order valence-corrected chi connectivity index (χ1v) is 8.03. The van der Waals surface area contributed by atoms with Crippen molar-refractivity contribution in [3.8, 4) is 0 Å². The summed E-state index contributed by atoms with van der Waals surface area (Å²) in [6.45, 7) is 8.73. The van der Waals surface area contributed by atoms with Crippen LogP contribution in [-0.2, 0) is 12.8 Å². The molecule has 0 radical (unpaired) electrons. The molecule has 0 aliphatic heterocycles. The Bertz CT molecular complexity index is 563. The highest BCUT2D eigenvalue weighted by Gasteiger charge is 2.17. The standard InChI is InChI=1S/C17H24N2S/c1-5-14-6-7-20-17(14)16(19-18)10-15-12(3)8-11(2)9-13(15)4/h6-9,16,19H,5,10,18H2,1-4H3. The molecule has 0 bridgehead atoms. The zero-order valence-corrected chi connectivity index (χ0v) is 13.6. The van der Waals surface area contributed by atoms with E-state index in [1.54, 1.807) is 11.3 Å². The number of hydrogen-bond acceptors (Lipinski definition) is 3. The Kier molecular flexibility index (Phi) is 4.97. The lowest BCUT2D eigenvalue weighted by Crippen LogP contribution is -2.30. The summed E-state index contributed by atoms with van der Waals surface area (Å²) in [4.78, 5) is 1.37. The second kappa shape index (κ2) is 6.53. The van der Waals surface area contributed by atoms with Crippen LogP contribution < -0.4 is 11.3 Å². The van der Waals surface area contributed by atoms with Gasteiger partial charge < -0.3 is 0 Å². The molecule has 2 aromatic rings. The van der Waals surface area contributed by atoms with Gasteiger partial charge in [-0.15, -0.1) is 11.3 Å². The van der Waals surface area contributed by atoms with Crippen LogP contribution in [0, 0.1) is 20.8 Å². The molecule has 0 saturated heterocycles. The molecule has 0 fully saturated rings. The van der Waals surface area contributed by atoms with Crippen LogP contribution in [0.5, 0.6) is 0 Å². The van der Waals surface area contributed by atoms with Crippen molar-refractivity contribution in [2.45, 2.75) is 46.6 Å². The number of nitrogens with two attached hydrogens (primary N) is 1. The molecule has 1 aromatic carbocycles. The van der Waals surface area contributed by atoms with Gasteiger partial charge in [0, 0.05) is 4.88 Å². The average Bonchev–Trinajstić information content (AvgIpc) is 2.86. The number of rotatable bonds is 5. The first-order valence-electron chi connectivity index (χ1n) is 7.16. The van der Waals surface area contributed by atoms with E-state index in [-0.39, 0.29) is 6.04 Å². The summed E-state index contributed by atoms with van der Waals surface area (Å²) < 4.78 is 0. The van der Waals surface area contributed by atoms with Crippen molar-refractivity contribution in [2.24, 2.45) is 5.84 Å². The van der Waals surface area contributed by atoms with Crippen molar-refractivity contribution in [3.05, 3.63) is 56.3 Å². The monoisotopic (exact) mass is 288 g/mol. The van der Waals surface area contributed by atoms with E-state index in [2.05, 4.69) is 56.7 Å². The minimum absolute atomic E-state index is 0.199. The summed E-state index contributed by atoms with van der Waals surface area (Å²) in [6, 6.07) is 6.92. The predicted molar refractivity (Wildman–Crippen MR) is 88.1 cm³/mol. The molecule has 1 heterocycles. The molecule has 1 aromatic heterocycles. The van der Waals surface area contributed by atoms with Crippen molar-refractivity contribution in [1.82, 2.24) is 5.43 Å². The molecule has 0 aliphatic carbocycles. The molecular formula is C17H24N2S. The van der Waals surface area contributed by atoms with Gasteiger partial charge in [0.05, 0.1) is 6.04 Å². The largest absolute Gasteiger partial charge is 0.271 e. The van der Waals surface area contributed by atoms with Gasteiger partial charge in [-0.2, -0.15) is 0 Å². The fourth-order valence-corrected chi connectivity index (χ4v) is 3.97. The highest BCUT2D eigenvalue weighted by atomic mass is 32.1. The summed E-state index contributed by atoms with van der Waals surface area (Å²) in [5.74, 6) is 5.82. The van der Waals surface area contributed by atoms with Crippen LogP contribution in [-0.4, -0.2) is 0 Å². The molecule has 20 heavy (non-hydrogen) atoms. The summed E-state index contributed by atoms with van der Waals surface area (Å²) in [7, 11) is 0. The number of nitrogens with one attached hydrogen (secondary N) is 1. The van der Waals surface area contributed by atoms with E-state index >= 15 is 0 Å². The van der Waals surface area contributed by atoms with E-state index in [9.17, 15) is 0 Å². The summed E-state index contributed by atoms with van der Waals surface area (Å²) in [5, 5.41) is 2.16. The lowest BCUT2D eigenvalue weighted by molar-refractivity contribution is 0.554. The summed E-state index contributed by atoms with van der Waals surface area (Å²) in [6.07, 6.45) is 2.00. The quantitative estimate of drug-likeness (QED) is 0.645. The van der Waals surface area contributed by atoms with E-state index < -0.39 is 0 Å². The van der Waals surface area contributed by atoms with Crippen molar-refractivity contribution < 1.29 is 0 Å². The lowest BCUT2D eigenvalue weighted by atomic mass is 9.93. The molecule has 1 atom stereocenters. The van der Waals surface area contributed by atoms with Crippen molar-refractivity contribution >= 4 is 11.3 Å². The maximum absolute atomic E-state index is 5.82. The molecule has 108 valence electrons. The highest BCUT2D eigenvalue weighted by Crippen LogP contribution is 2.29. The van der Waals surface area contributed by atoms with Gasteiger partial charge in [0.2, 0.25) is 0 Å². The van der Waals surface area contributed by atoms with Crippen LogP contribution >= 0.6 is 11.3 Å². The Labute approximate surface area is 126 Å². The molecule has 0 amide bonds. The van der Waals surface area contributed by atoms with Crippen molar-refractivity contribution in [3.63, 3.8) is 0 Å². The maximum atomic E-state index is 5.82. The van der Waals surface area contributed by atoms with E-state index in [1.165, 1.54) is 32.7 Å². The normalized spacial score (nSPS) is 12.7. The SMILES string of the molecule is CCc1ccsc1C(Cc1c(C)cc(C)cc1C)NN. The van der Waals surface area contributed by atoms with E-state index in [1.807, 2.05) is 0 Å². The van der Waals surface area contributed by atoms with Gasteiger partial charge >= 0.3 is 0 Å². The van der Waals surface area contributed by atoms with Gasteiger partial charge in [-0.1, -0.05) is 24.6 Å². The number of thiophene rings is 1. The fourth-order valence-electron chi connectivity index (χ4n) is 2.91. The molecule has 0 aliphatic rings. The third-order valence-electron chi connectivity index (χ3n) is 3.93. The van der Waals surface area contributed by atoms with Crippen LogP contribution in [0.1, 0.15) is 45.7 Å². The second-order valence-electron chi connectivity index (χ2n) is 5.46. The van der Waals surface area contributed by atoms with Crippen molar-refractivity contribution in [2.75, 3.05) is 0 Å². The first-order chi connectivity index (χ1) is 9.56. The number of hydrazine groups is 1. The molecule has 1 unspecified atom stereocenters. The first kappa shape index (κ1) is 15.2. The van der Waals surface area contributed by atoms with E-state index in [0.717, 1.165) is 12.8 Å². The van der Waals surface area contributed by atoms with Crippen LogP contribution in [0.3, 0.4) is 0 Å². The highest BCUT2D eigenvalue weighted by molar-refractivity contribution is 7.10. The van der Waals surface area contributed by atoms with Crippen LogP contribution in [0.4, 0.5) is 0 Å². The average molecular weight is 288 g/mol. The zero-order valence-electron chi connectivity index (χ0n) is 12.8. The van der Waals surface area contributed by atoms with Crippen molar-refractivity contribution in [1.29, 1.82) is 0 Å². The third-order valence-corrected chi connectivity index (χ3v) is 5.00. The fraction of sp³-hybridized carbons (Fsp3) is 0.412. The Hall–Kier alpha value is -1.16. The molecule has 2 nitrogen and oxygen atoms in total. The summed E-state index contributed by atoms with van der Waals surface area (Å²) >= 11 is 1.80.